The first kappa shape index (κ1) is 23.4. The van der Waals surface area contributed by atoms with Gasteiger partial charge in [-0.2, -0.15) is 4.31 Å². The Hall–Kier alpha value is -1.61. The molecule has 9 heteroatoms. The number of carbonyl (C=O) groups is 2. The lowest BCUT2D eigenvalue weighted by atomic mass is 10.0. The van der Waals surface area contributed by atoms with Crippen molar-refractivity contribution in [3.8, 4) is 0 Å². The van der Waals surface area contributed by atoms with Crippen LogP contribution in [0, 0.1) is 0 Å². The van der Waals surface area contributed by atoms with Crippen molar-refractivity contribution in [3.05, 3.63) is 12.7 Å². The van der Waals surface area contributed by atoms with Crippen molar-refractivity contribution in [2.75, 3.05) is 26.2 Å². The predicted molar refractivity (Wildman–Crippen MR) is 103 cm³/mol. The van der Waals surface area contributed by atoms with Crippen LogP contribution in [-0.2, 0) is 19.6 Å². The molecule has 2 aliphatic rings. The van der Waals surface area contributed by atoms with Gasteiger partial charge in [-0.15, -0.1) is 0 Å². The van der Waals surface area contributed by atoms with Gasteiger partial charge in [0.1, 0.15) is 5.60 Å². The highest BCUT2D eigenvalue weighted by Crippen LogP contribution is 2.26. The molecule has 1 amide bonds. The third-order valence-corrected chi connectivity index (χ3v) is 6.81. The van der Waals surface area contributed by atoms with Gasteiger partial charge in [0.15, 0.2) is 0 Å². The molecule has 1 saturated carbocycles. The molecule has 1 N–H and O–H groups in total. The SMILES string of the molecule is C=CC(=O)OC(C)(C)C.O=C(O)N1CCN(S(=O)(=O)C2CCCCC2)CC1. The van der Waals surface area contributed by atoms with E-state index in [4.69, 9.17) is 9.84 Å². The number of carboxylic acid groups (broad SMARTS) is 1. The Bertz CT molecular complexity index is 612. The van der Waals surface area contributed by atoms with Crippen LogP contribution in [0.4, 0.5) is 4.79 Å². The van der Waals surface area contributed by atoms with Gasteiger partial charge in [-0.05, 0) is 33.6 Å². The number of sulfonamides is 1. The quantitative estimate of drug-likeness (QED) is 0.572. The molecule has 1 aliphatic heterocycles. The monoisotopic (exact) mass is 404 g/mol. The van der Waals surface area contributed by atoms with Crippen molar-refractivity contribution in [2.45, 2.75) is 63.7 Å². The van der Waals surface area contributed by atoms with Crippen LogP contribution in [-0.4, -0.2) is 71.8 Å². The lowest BCUT2D eigenvalue weighted by Crippen LogP contribution is -2.52. The lowest BCUT2D eigenvalue weighted by molar-refractivity contribution is -0.148. The summed E-state index contributed by atoms with van der Waals surface area (Å²) >= 11 is 0. The minimum absolute atomic E-state index is 0.248. The second kappa shape index (κ2) is 10.1. The van der Waals surface area contributed by atoms with Crippen LogP contribution in [0.1, 0.15) is 52.9 Å². The van der Waals surface area contributed by atoms with Gasteiger partial charge in [0.05, 0.1) is 5.25 Å². The van der Waals surface area contributed by atoms with E-state index < -0.39 is 21.7 Å². The first-order valence-electron chi connectivity index (χ1n) is 9.29. The van der Waals surface area contributed by atoms with Gasteiger partial charge < -0.3 is 14.7 Å². The second-order valence-electron chi connectivity index (χ2n) is 7.71. The van der Waals surface area contributed by atoms with Crippen LogP contribution in [0.3, 0.4) is 0 Å². The number of carbonyl (C=O) groups excluding carboxylic acids is 1. The van der Waals surface area contributed by atoms with Gasteiger partial charge in [0, 0.05) is 32.3 Å². The Morgan fingerprint density at radius 2 is 1.59 bits per heavy atom. The molecule has 0 spiro atoms. The summed E-state index contributed by atoms with van der Waals surface area (Å²) in [6, 6.07) is 0. The molecule has 0 aromatic rings. The maximum atomic E-state index is 12.4. The van der Waals surface area contributed by atoms with Crippen LogP contribution in [0.25, 0.3) is 0 Å². The smallest absolute Gasteiger partial charge is 0.407 e. The number of ether oxygens (including phenoxy) is 1. The molecule has 0 aromatic heterocycles. The lowest BCUT2D eigenvalue weighted by Gasteiger charge is -2.35. The van der Waals surface area contributed by atoms with Gasteiger partial charge in [-0.25, -0.2) is 18.0 Å². The summed E-state index contributed by atoms with van der Waals surface area (Å²) in [6.07, 6.45) is 4.79. The zero-order valence-electron chi connectivity index (χ0n) is 16.5. The summed E-state index contributed by atoms with van der Waals surface area (Å²) in [7, 11) is -3.22. The van der Waals surface area contributed by atoms with E-state index in [-0.39, 0.29) is 24.3 Å². The fourth-order valence-electron chi connectivity index (χ4n) is 3.05. The minimum Gasteiger partial charge on any atom is -0.465 e. The molecule has 0 aromatic carbocycles. The highest BCUT2D eigenvalue weighted by Gasteiger charge is 2.35. The molecular formula is C18H32N2O6S. The Balaban J connectivity index is 0.000000345. The zero-order valence-corrected chi connectivity index (χ0v) is 17.3. The maximum absolute atomic E-state index is 12.4. The van der Waals surface area contributed by atoms with Gasteiger partial charge in [-0.1, -0.05) is 25.8 Å². The number of nitrogens with zero attached hydrogens (tertiary/aromatic N) is 2. The molecule has 0 radical (unpaired) electrons. The second-order valence-corrected chi connectivity index (χ2v) is 9.92. The van der Waals surface area contributed by atoms with E-state index in [2.05, 4.69) is 6.58 Å². The molecule has 8 nitrogen and oxygen atoms in total. The fraction of sp³-hybridized carbons (Fsp3) is 0.778. The topological polar surface area (TPSA) is 104 Å². The molecule has 1 aliphatic carbocycles. The van der Waals surface area contributed by atoms with Gasteiger partial charge in [-0.3, -0.25) is 0 Å². The zero-order chi connectivity index (χ0) is 20.7. The molecule has 27 heavy (non-hydrogen) atoms. The number of amides is 1. The van der Waals surface area contributed by atoms with Gasteiger partial charge in [0.2, 0.25) is 10.0 Å². The first-order valence-corrected chi connectivity index (χ1v) is 10.8. The molecule has 1 saturated heterocycles. The fourth-order valence-corrected chi connectivity index (χ4v) is 5.07. The van der Waals surface area contributed by atoms with Crippen LogP contribution < -0.4 is 0 Å². The van der Waals surface area contributed by atoms with Crippen LogP contribution in [0.15, 0.2) is 12.7 Å². The Morgan fingerprint density at radius 3 is 1.96 bits per heavy atom. The van der Waals surface area contributed by atoms with E-state index in [9.17, 15) is 18.0 Å². The van der Waals surface area contributed by atoms with E-state index in [0.29, 0.717) is 13.1 Å². The normalized spacial score (nSPS) is 19.6. The third kappa shape index (κ3) is 7.88. The summed E-state index contributed by atoms with van der Waals surface area (Å²) in [6.45, 7) is 9.86. The Morgan fingerprint density at radius 1 is 1.07 bits per heavy atom. The van der Waals surface area contributed by atoms with Crippen LogP contribution in [0.5, 0.6) is 0 Å². The molecule has 2 rings (SSSR count). The van der Waals surface area contributed by atoms with Crippen LogP contribution in [0.2, 0.25) is 0 Å². The number of hydrogen-bond acceptors (Lipinski definition) is 5. The maximum Gasteiger partial charge on any atom is 0.407 e. The van der Waals surface area contributed by atoms with Gasteiger partial charge >= 0.3 is 12.1 Å². The number of piperazine rings is 1. The van der Waals surface area contributed by atoms with E-state index >= 15 is 0 Å². The average molecular weight is 405 g/mol. The third-order valence-electron chi connectivity index (χ3n) is 4.42. The van der Waals surface area contributed by atoms with Crippen molar-refractivity contribution in [3.63, 3.8) is 0 Å². The molecule has 2 fully saturated rings. The molecule has 0 atom stereocenters. The Kier molecular flexibility index (Phi) is 8.74. The summed E-state index contributed by atoms with van der Waals surface area (Å²) in [5.74, 6) is -0.373. The largest absolute Gasteiger partial charge is 0.465 e. The molecular weight excluding hydrogens is 372 g/mol. The van der Waals surface area contributed by atoms with Crippen molar-refractivity contribution in [1.82, 2.24) is 9.21 Å². The standard InChI is InChI=1S/C11H20N2O4S.C7H12O2/c14-11(15)12-6-8-13(9-7-12)18(16,17)10-4-2-1-3-5-10;1-5-6(8)9-7(2,3)4/h10H,1-9H2,(H,14,15);5H,1H2,2-4H3. The molecule has 156 valence electrons. The van der Waals surface area contributed by atoms with E-state index in [1.54, 1.807) is 0 Å². The highest BCUT2D eigenvalue weighted by molar-refractivity contribution is 7.89. The number of rotatable bonds is 3. The van der Waals surface area contributed by atoms with E-state index in [0.717, 1.165) is 38.2 Å². The van der Waals surface area contributed by atoms with E-state index in [1.165, 1.54) is 9.21 Å². The van der Waals surface area contributed by atoms with Crippen molar-refractivity contribution >= 4 is 22.1 Å². The Labute approximate surface area is 162 Å². The summed E-state index contributed by atoms with van der Waals surface area (Å²) in [5.41, 5.74) is -0.398. The van der Waals surface area contributed by atoms with E-state index in [1.807, 2.05) is 20.8 Å². The summed E-state index contributed by atoms with van der Waals surface area (Å²) in [4.78, 5) is 22.5. The van der Waals surface area contributed by atoms with Crippen molar-refractivity contribution in [1.29, 1.82) is 0 Å². The summed E-state index contributed by atoms with van der Waals surface area (Å²) < 4.78 is 31.1. The molecule has 1 heterocycles. The van der Waals surface area contributed by atoms with Gasteiger partial charge in [0.25, 0.3) is 0 Å². The number of esters is 1. The molecule has 0 bridgehead atoms. The number of hydrogen-bond donors (Lipinski definition) is 1. The average Bonchev–Trinajstić information content (AvgIpc) is 2.61. The first-order chi connectivity index (χ1) is 12.5. The predicted octanol–water partition coefficient (Wildman–Crippen LogP) is 2.46. The van der Waals surface area contributed by atoms with Crippen molar-refractivity contribution in [2.24, 2.45) is 0 Å². The van der Waals surface area contributed by atoms with Crippen LogP contribution >= 0.6 is 0 Å². The molecule has 0 unspecified atom stereocenters. The minimum atomic E-state index is -3.22. The van der Waals surface area contributed by atoms with Crippen molar-refractivity contribution < 1.29 is 27.9 Å². The highest BCUT2D eigenvalue weighted by atomic mass is 32.2. The summed E-state index contributed by atoms with van der Waals surface area (Å²) in [5, 5.41) is 8.59.